The first-order chi connectivity index (χ1) is 11.5. The standard InChI is InChI=1S/C12H16N6O6/c13-17-7-9(19)11(21)15-1-3-23-5-6-24-4-2-16-12(22)10(20)8-18-14/h7-8H,1-6H2,(H,15,21)(H,16,22). The van der Waals surface area contributed by atoms with Gasteiger partial charge >= 0.3 is 24.0 Å². The van der Waals surface area contributed by atoms with Crippen LogP contribution in [-0.2, 0) is 28.7 Å². The highest BCUT2D eigenvalue weighted by atomic mass is 16.5. The molecule has 0 aromatic heterocycles. The van der Waals surface area contributed by atoms with Gasteiger partial charge < -0.3 is 31.2 Å². The quantitative estimate of drug-likeness (QED) is 0.118. The van der Waals surface area contributed by atoms with Gasteiger partial charge in [-0.2, -0.15) is 9.58 Å². The van der Waals surface area contributed by atoms with Gasteiger partial charge in [0.1, 0.15) is 0 Å². The summed E-state index contributed by atoms with van der Waals surface area (Å²) < 4.78 is 10.2. The summed E-state index contributed by atoms with van der Waals surface area (Å²) in [5.41, 5.74) is 16.1. The van der Waals surface area contributed by atoms with E-state index in [4.69, 9.17) is 20.5 Å². The van der Waals surface area contributed by atoms with E-state index in [9.17, 15) is 19.2 Å². The third-order valence-electron chi connectivity index (χ3n) is 2.23. The van der Waals surface area contributed by atoms with Crippen molar-refractivity contribution in [1.29, 1.82) is 0 Å². The van der Waals surface area contributed by atoms with Gasteiger partial charge in [0, 0.05) is 13.1 Å². The lowest BCUT2D eigenvalue weighted by atomic mass is 10.4. The van der Waals surface area contributed by atoms with Crippen LogP contribution in [0.2, 0.25) is 0 Å². The first kappa shape index (κ1) is 21.0. The molecule has 12 heteroatoms. The van der Waals surface area contributed by atoms with Gasteiger partial charge in [-0.3, -0.25) is 19.2 Å². The first-order valence-electron chi connectivity index (χ1n) is 6.67. The van der Waals surface area contributed by atoms with Crippen molar-refractivity contribution >= 4 is 35.8 Å². The van der Waals surface area contributed by atoms with Gasteiger partial charge in [-0.1, -0.05) is 0 Å². The Balaban J connectivity index is 3.49. The minimum Gasteiger partial charge on any atom is -0.377 e. The van der Waals surface area contributed by atoms with Gasteiger partial charge in [0.2, 0.25) is 0 Å². The van der Waals surface area contributed by atoms with Crippen LogP contribution in [0.25, 0.3) is 11.1 Å². The minimum absolute atomic E-state index is 0.0917. The molecule has 0 aromatic rings. The van der Waals surface area contributed by atoms with E-state index in [1.807, 2.05) is 0 Å². The Hall–Kier alpha value is -3.04. The molecule has 0 spiro atoms. The summed E-state index contributed by atoms with van der Waals surface area (Å²) in [4.78, 5) is 48.8. The summed E-state index contributed by atoms with van der Waals surface area (Å²) in [6.45, 7) is 0.898. The second kappa shape index (κ2) is 13.6. The molecule has 0 rings (SSSR count). The van der Waals surface area contributed by atoms with Crippen LogP contribution < -0.4 is 10.6 Å². The van der Waals surface area contributed by atoms with Gasteiger partial charge in [-0.05, 0) is 0 Å². The fraction of sp³-hybridized carbons (Fsp3) is 0.500. The number of nitrogens with zero attached hydrogens (tertiary/aromatic N) is 4. The number of rotatable bonds is 13. The van der Waals surface area contributed by atoms with Crippen LogP contribution in [0.4, 0.5) is 0 Å². The number of amides is 2. The van der Waals surface area contributed by atoms with Gasteiger partial charge in [0.25, 0.3) is 11.8 Å². The maximum Gasteiger partial charge on any atom is 0.333 e. The van der Waals surface area contributed by atoms with Crippen molar-refractivity contribution in [1.82, 2.24) is 10.6 Å². The highest BCUT2D eigenvalue weighted by molar-refractivity contribution is 6.57. The zero-order chi connectivity index (χ0) is 18.2. The number of carbonyl (C=O) groups excluding carboxylic acids is 4. The van der Waals surface area contributed by atoms with Crippen molar-refractivity contribution in [2.24, 2.45) is 0 Å². The van der Waals surface area contributed by atoms with E-state index in [2.05, 4.69) is 20.2 Å². The molecule has 0 saturated heterocycles. The molecular weight excluding hydrogens is 324 g/mol. The van der Waals surface area contributed by atoms with Gasteiger partial charge in [0.05, 0.1) is 26.4 Å². The zero-order valence-corrected chi connectivity index (χ0v) is 12.6. The highest BCUT2D eigenvalue weighted by Gasteiger charge is 2.14. The summed E-state index contributed by atoms with van der Waals surface area (Å²) in [6, 6.07) is 0. The molecule has 0 bridgehead atoms. The van der Waals surface area contributed by atoms with E-state index in [0.29, 0.717) is 12.4 Å². The highest BCUT2D eigenvalue weighted by Crippen LogP contribution is 1.79. The molecule has 0 aliphatic heterocycles. The Morgan fingerprint density at radius 2 is 1.12 bits per heavy atom. The van der Waals surface area contributed by atoms with Gasteiger partial charge in [-0.25, -0.2) is 0 Å². The number of nitrogens with one attached hydrogen (secondary N) is 2. The van der Waals surface area contributed by atoms with Crippen molar-refractivity contribution in [2.75, 3.05) is 39.5 Å². The summed E-state index contributed by atoms with van der Waals surface area (Å²) in [6.07, 6.45) is 0.958. The van der Waals surface area contributed by atoms with E-state index in [1.165, 1.54) is 0 Å². The van der Waals surface area contributed by atoms with E-state index in [0.717, 1.165) is 0 Å². The fourth-order valence-corrected chi connectivity index (χ4v) is 1.19. The Labute approximate surface area is 136 Å². The predicted octanol–water partition coefficient (Wildman–Crippen LogP) is -3.01. The third kappa shape index (κ3) is 10.7. The lowest BCUT2D eigenvalue weighted by Crippen LogP contribution is -2.35. The van der Waals surface area contributed by atoms with Gasteiger partial charge in [-0.15, -0.1) is 0 Å². The normalized spacial score (nSPS) is 9.17. The SMILES string of the molecule is [N-]=[N+]=CC(=O)C(=O)NCCOCCOCCNC(=O)C(=O)C=[N+]=[N-]. The largest absolute Gasteiger partial charge is 0.377 e. The van der Waals surface area contributed by atoms with Crippen molar-refractivity contribution < 1.29 is 38.2 Å². The topological polar surface area (TPSA) is 184 Å². The van der Waals surface area contributed by atoms with E-state index in [1.54, 1.807) is 0 Å². The van der Waals surface area contributed by atoms with Gasteiger partial charge in [0.15, 0.2) is 0 Å². The molecule has 0 saturated carbocycles. The summed E-state index contributed by atoms with van der Waals surface area (Å²) in [5.74, 6) is -3.79. The van der Waals surface area contributed by atoms with E-state index in [-0.39, 0.29) is 39.5 Å². The molecule has 24 heavy (non-hydrogen) atoms. The second-order valence-corrected chi connectivity index (χ2v) is 3.95. The zero-order valence-electron chi connectivity index (χ0n) is 12.6. The van der Waals surface area contributed by atoms with E-state index >= 15 is 0 Å². The van der Waals surface area contributed by atoms with E-state index < -0.39 is 23.4 Å². The Kier molecular flexibility index (Phi) is 11.9. The maximum atomic E-state index is 11.1. The average Bonchev–Trinajstić information content (AvgIpc) is 2.56. The molecule has 0 radical (unpaired) electrons. The number of hydrogen-bond donors (Lipinski definition) is 2. The van der Waals surface area contributed by atoms with Crippen LogP contribution in [-0.4, -0.2) is 84.9 Å². The molecule has 0 unspecified atom stereocenters. The van der Waals surface area contributed by atoms with Crippen molar-refractivity contribution in [2.45, 2.75) is 0 Å². The number of hydrogen-bond acceptors (Lipinski definition) is 6. The predicted molar refractivity (Wildman–Crippen MR) is 77.0 cm³/mol. The minimum atomic E-state index is -0.980. The maximum absolute atomic E-state index is 11.1. The molecule has 0 heterocycles. The summed E-state index contributed by atoms with van der Waals surface area (Å²) in [5, 5.41) is 4.49. The Morgan fingerprint density at radius 1 is 0.750 bits per heavy atom. The molecule has 0 fully saturated rings. The molecule has 12 nitrogen and oxygen atoms in total. The average molecular weight is 340 g/mol. The molecule has 2 N–H and O–H groups in total. The Bertz CT molecular complexity index is 514. The van der Waals surface area contributed by atoms with Crippen LogP contribution in [0, 0.1) is 0 Å². The molecule has 2 amide bonds. The number of ether oxygens (including phenoxy) is 2. The fourth-order valence-electron chi connectivity index (χ4n) is 1.19. The smallest absolute Gasteiger partial charge is 0.333 e. The van der Waals surface area contributed by atoms with Crippen LogP contribution in [0.1, 0.15) is 0 Å². The van der Waals surface area contributed by atoms with Crippen LogP contribution >= 0.6 is 0 Å². The van der Waals surface area contributed by atoms with Crippen LogP contribution in [0.3, 0.4) is 0 Å². The monoisotopic (exact) mass is 340 g/mol. The molecule has 0 aliphatic rings. The second-order valence-electron chi connectivity index (χ2n) is 3.95. The third-order valence-corrected chi connectivity index (χ3v) is 2.23. The molecule has 130 valence electrons. The van der Waals surface area contributed by atoms with Crippen molar-refractivity contribution in [3.05, 3.63) is 11.1 Å². The summed E-state index contributed by atoms with van der Waals surface area (Å²) in [7, 11) is 0. The molecule has 0 atom stereocenters. The van der Waals surface area contributed by atoms with Crippen molar-refractivity contribution in [3.63, 3.8) is 0 Å². The molecular formula is C12H16N6O6. The Morgan fingerprint density at radius 3 is 1.46 bits per heavy atom. The van der Waals surface area contributed by atoms with Crippen LogP contribution in [0.5, 0.6) is 0 Å². The first-order valence-corrected chi connectivity index (χ1v) is 6.67. The van der Waals surface area contributed by atoms with Crippen molar-refractivity contribution in [3.8, 4) is 0 Å². The number of ketones is 2. The lowest BCUT2D eigenvalue weighted by Gasteiger charge is -2.06. The molecule has 0 aromatic carbocycles. The van der Waals surface area contributed by atoms with Crippen LogP contribution in [0.15, 0.2) is 0 Å². The number of Topliss-reactive ketones (excluding diaryl/α,β-unsaturated/α-hetero) is 2. The summed E-state index contributed by atoms with van der Waals surface area (Å²) >= 11 is 0. The number of carbonyl (C=O) groups is 4. The molecule has 0 aliphatic carbocycles. The lowest BCUT2D eigenvalue weighted by molar-refractivity contribution is -0.135.